The molecule has 4 rings (SSSR count). The third-order valence-electron chi connectivity index (χ3n) is 4.82. The highest BCUT2D eigenvalue weighted by molar-refractivity contribution is 7.99. The molecular weight excluding hydrogens is 458 g/mol. The fourth-order valence-electron chi connectivity index (χ4n) is 3.42. The number of para-hydroxylation sites is 1. The lowest BCUT2D eigenvalue weighted by Crippen LogP contribution is -2.18. The number of ether oxygens (including phenoxy) is 1. The number of aryl methyl sites for hydroxylation is 1. The number of fused-ring (bicyclic) bond motifs is 1. The van der Waals surface area contributed by atoms with Gasteiger partial charge in [-0.1, -0.05) is 54.2 Å². The predicted octanol–water partition coefficient (Wildman–Crippen LogP) is 4.87. The summed E-state index contributed by atoms with van der Waals surface area (Å²) in [6.07, 6.45) is 0. The number of carbonyl (C=O) groups excluding carboxylic acids is 2. The Morgan fingerprint density at radius 2 is 1.85 bits per heavy atom. The normalized spacial score (nSPS) is 10.8. The Labute approximate surface area is 198 Å². The lowest BCUT2D eigenvalue weighted by atomic mass is 10.0. The lowest BCUT2D eigenvalue weighted by Gasteiger charge is -2.10. The molecule has 33 heavy (non-hydrogen) atoms. The van der Waals surface area contributed by atoms with Gasteiger partial charge in [-0.15, -0.1) is 11.3 Å². The maximum atomic E-state index is 12.9. The van der Waals surface area contributed by atoms with Gasteiger partial charge in [0.2, 0.25) is 5.91 Å². The van der Waals surface area contributed by atoms with Gasteiger partial charge in [0.15, 0.2) is 5.16 Å². The Hall–Kier alpha value is -3.43. The number of H-pyrrole nitrogens is 1. The van der Waals surface area contributed by atoms with Gasteiger partial charge in [0.25, 0.3) is 5.56 Å². The van der Waals surface area contributed by atoms with Gasteiger partial charge >= 0.3 is 5.97 Å². The van der Waals surface area contributed by atoms with Crippen molar-refractivity contribution < 1.29 is 14.3 Å². The first-order valence-corrected chi connectivity index (χ1v) is 12.1. The lowest BCUT2D eigenvalue weighted by molar-refractivity contribution is -0.113. The molecule has 0 aliphatic carbocycles. The molecule has 0 spiro atoms. The van der Waals surface area contributed by atoms with Gasteiger partial charge in [0.05, 0.1) is 29.0 Å². The van der Waals surface area contributed by atoms with Crippen LogP contribution in [-0.4, -0.2) is 34.2 Å². The molecule has 9 heteroatoms. The van der Waals surface area contributed by atoms with Gasteiger partial charge in [-0.05, 0) is 31.5 Å². The largest absolute Gasteiger partial charge is 0.462 e. The van der Waals surface area contributed by atoms with Crippen LogP contribution in [0.2, 0.25) is 0 Å². The summed E-state index contributed by atoms with van der Waals surface area (Å²) in [4.78, 5) is 46.5. The second-order valence-corrected chi connectivity index (χ2v) is 9.22. The SMILES string of the molecule is CCOC(=O)c1ccccc1NC(=O)CSc1nc2sc(C)c(-c3ccccc3)c2c(=O)[nH]1. The number of esters is 1. The van der Waals surface area contributed by atoms with E-state index in [1.807, 2.05) is 37.3 Å². The summed E-state index contributed by atoms with van der Waals surface area (Å²) in [5, 5.41) is 3.65. The summed E-state index contributed by atoms with van der Waals surface area (Å²) in [5.41, 5.74) is 2.27. The van der Waals surface area contributed by atoms with Crippen LogP contribution in [-0.2, 0) is 9.53 Å². The second-order valence-electron chi connectivity index (χ2n) is 7.05. The number of anilines is 1. The number of amides is 1. The second kappa shape index (κ2) is 10.0. The highest BCUT2D eigenvalue weighted by Gasteiger charge is 2.18. The van der Waals surface area contributed by atoms with Crippen LogP contribution in [0.4, 0.5) is 5.69 Å². The zero-order valence-electron chi connectivity index (χ0n) is 18.0. The molecule has 0 aliphatic heterocycles. The van der Waals surface area contributed by atoms with Crippen molar-refractivity contribution in [3.05, 3.63) is 75.4 Å². The summed E-state index contributed by atoms with van der Waals surface area (Å²) in [7, 11) is 0. The molecule has 1 amide bonds. The van der Waals surface area contributed by atoms with Crippen molar-refractivity contribution >= 4 is 50.9 Å². The van der Waals surface area contributed by atoms with Gasteiger partial charge in [-0.3, -0.25) is 9.59 Å². The molecule has 2 heterocycles. The number of benzene rings is 2. The van der Waals surface area contributed by atoms with Gasteiger partial charge in [0, 0.05) is 10.4 Å². The number of aromatic nitrogens is 2. The maximum absolute atomic E-state index is 12.9. The average Bonchev–Trinajstić information content (AvgIpc) is 3.15. The van der Waals surface area contributed by atoms with Crippen molar-refractivity contribution in [2.24, 2.45) is 0 Å². The van der Waals surface area contributed by atoms with E-state index in [0.29, 0.717) is 21.1 Å². The molecule has 0 atom stereocenters. The Morgan fingerprint density at radius 1 is 1.12 bits per heavy atom. The average molecular weight is 480 g/mol. The third-order valence-corrected chi connectivity index (χ3v) is 6.69. The molecule has 2 aromatic heterocycles. The molecule has 2 aromatic carbocycles. The van der Waals surface area contributed by atoms with Crippen LogP contribution in [0, 0.1) is 6.92 Å². The van der Waals surface area contributed by atoms with Gasteiger partial charge in [0.1, 0.15) is 4.83 Å². The summed E-state index contributed by atoms with van der Waals surface area (Å²) < 4.78 is 5.03. The smallest absolute Gasteiger partial charge is 0.340 e. The molecule has 4 aromatic rings. The number of nitrogens with one attached hydrogen (secondary N) is 2. The van der Waals surface area contributed by atoms with Crippen LogP contribution in [0.3, 0.4) is 0 Å². The van der Waals surface area contributed by atoms with E-state index < -0.39 is 5.97 Å². The van der Waals surface area contributed by atoms with Crippen LogP contribution in [0.5, 0.6) is 0 Å². The Kier molecular flexibility index (Phi) is 6.90. The summed E-state index contributed by atoms with van der Waals surface area (Å²) >= 11 is 2.58. The van der Waals surface area contributed by atoms with Crippen molar-refractivity contribution in [1.82, 2.24) is 9.97 Å². The molecule has 7 nitrogen and oxygen atoms in total. The van der Waals surface area contributed by atoms with Crippen LogP contribution in [0.1, 0.15) is 22.2 Å². The third kappa shape index (κ3) is 4.99. The molecule has 0 saturated carbocycles. The maximum Gasteiger partial charge on any atom is 0.340 e. The number of thiophene rings is 1. The summed E-state index contributed by atoms with van der Waals surface area (Å²) in [5.74, 6) is -0.812. The molecule has 168 valence electrons. The van der Waals surface area contributed by atoms with Crippen LogP contribution >= 0.6 is 23.1 Å². The Balaban J connectivity index is 1.51. The van der Waals surface area contributed by atoms with Crippen molar-refractivity contribution in [2.45, 2.75) is 19.0 Å². The van der Waals surface area contributed by atoms with Gasteiger partial charge in [-0.25, -0.2) is 9.78 Å². The van der Waals surface area contributed by atoms with E-state index in [0.717, 1.165) is 27.8 Å². The van der Waals surface area contributed by atoms with Crippen LogP contribution in [0.25, 0.3) is 21.3 Å². The number of nitrogens with zero attached hydrogens (tertiary/aromatic N) is 1. The van der Waals surface area contributed by atoms with Gasteiger partial charge in [-0.2, -0.15) is 0 Å². The van der Waals surface area contributed by atoms with Crippen LogP contribution in [0.15, 0.2) is 64.5 Å². The molecule has 0 bridgehead atoms. The minimum Gasteiger partial charge on any atom is -0.462 e. The summed E-state index contributed by atoms with van der Waals surface area (Å²) in [6.45, 7) is 3.93. The number of rotatable bonds is 7. The monoisotopic (exact) mass is 479 g/mol. The zero-order chi connectivity index (χ0) is 23.4. The minimum atomic E-state index is -0.500. The first-order chi connectivity index (χ1) is 16.0. The number of thioether (sulfide) groups is 1. The van der Waals surface area contributed by atoms with E-state index in [-0.39, 0.29) is 29.4 Å². The minimum absolute atomic E-state index is 0.0154. The standard InChI is InChI=1S/C24H21N3O4S2/c1-3-31-23(30)16-11-7-8-12-17(16)25-18(28)13-32-24-26-21(29)20-19(14(2)33-22(20)27-24)15-9-5-4-6-10-15/h4-12H,3,13H2,1-2H3,(H,25,28)(H,26,27,29). The number of carbonyl (C=O) groups is 2. The van der Waals surface area contributed by atoms with E-state index >= 15 is 0 Å². The molecular formula is C24H21N3O4S2. The summed E-state index contributed by atoms with van der Waals surface area (Å²) in [6, 6.07) is 16.4. The highest BCUT2D eigenvalue weighted by Crippen LogP contribution is 2.35. The molecule has 0 unspecified atom stereocenters. The highest BCUT2D eigenvalue weighted by atomic mass is 32.2. The van der Waals surface area contributed by atoms with E-state index in [9.17, 15) is 14.4 Å². The molecule has 2 N–H and O–H groups in total. The van der Waals surface area contributed by atoms with E-state index in [1.165, 1.54) is 11.3 Å². The van der Waals surface area contributed by atoms with Crippen molar-refractivity contribution in [3.8, 4) is 11.1 Å². The molecule has 0 saturated heterocycles. The number of hydrogen-bond donors (Lipinski definition) is 2. The Bertz CT molecular complexity index is 1380. The predicted molar refractivity (Wildman–Crippen MR) is 132 cm³/mol. The van der Waals surface area contributed by atoms with Crippen LogP contribution < -0.4 is 10.9 Å². The number of aromatic amines is 1. The zero-order valence-corrected chi connectivity index (χ0v) is 19.6. The van der Waals surface area contributed by atoms with E-state index in [2.05, 4.69) is 15.3 Å². The Morgan fingerprint density at radius 3 is 2.61 bits per heavy atom. The van der Waals surface area contributed by atoms with Crippen molar-refractivity contribution in [3.63, 3.8) is 0 Å². The van der Waals surface area contributed by atoms with E-state index in [1.54, 1.807) is 31.2 Å². The van der Waals surface area contributed by atoms with Crippen molar-refractivity contribution in [2.75, 3.05) is 17.7 Å². The topological polar surface area (TPSA) is 101 Å². The first-order valence-electron chi connectivity index (χ1n) is 10.3. The number of hydrogen-bond acceptors (Lipinski definition) is 7. The first kappa shape index (κ1) is 22.8. The van der Waals surface area contributed by atoms with Gasteiger partial charge < -0.3 is 15.0 Å². The fourth-order valence-corrected chi connectivity index (χ4v) is 5.18. The molecule has 0 radical (unpaired) electrons. The molecule has 0 fully saturated rings. The fraction of sp³-hybridized carbons (Fsp3) is 0.167. The quantitative estimate of drug-likeness (QED) is 0.223. The van der Waals surface area contributed by atoms with E-state index in [4.69, 9.17) is 4.74 Å². The van der Waals surface area contributed by atoms with Crippen molar-refractivity contribution in [1.29, 1.82) is 0 Å². The molecule has 0 aliphatic rings.